The molecule has 1 heterocycles. The summed E-state index contributed by atoms with van der Waals surface area (Å²) >= 11 is 0. The molecule has 0 bridgehead atoms. The van der Waals surface area contributed by atoms with E-state index in [2.05, 4.69) is 0 Å². The number of nitro benzene ring substituents is 1. The van der Waals surface area contributed by atoms with E-state index in [-0.39, 0.29) is 24.5 Å². The van der Waals surface area contributed by atoms with Crippen LogP contribution in [0.1, 0.15) is 26.7 Å². The van der Waals surface area contributed by atoms with Gasteiger partial charge in [-0.05, 0) is 25.0 Å². The van der Waals surface area contributed by atoms with Crippen molar-refractivity contribution in [2.24, 2.45) is 0 Å². The number of alkyl halides is 3. The average Bonchev–Trinajstić information content (AvgIpc) is 2.61. The predicted octanol–water partition coefficient (Wildman–Crippen LogP) is 3.02. The van der Waals surface area contributed by atoms with Crippen molar-refractivity contribution >= 4 is 32.0 Å². The lowest BCUT2D eigenvalue weighted by Crippen LogP contribution is -2.53. The van der Waals surface area contributed by atoms with Gasteiger partial charge in [0.15, 0.2) is 0 Å². The van der Waals surface area contributed by atoms with E-state index in [1.165, 1.54) is 0 Å². The zero-order chi connectivity index (χ0) is 20.6. The molecule has 0 saturated carbocycles. The van der Waals surface area contributed by atoms with Crippen LogP contribution in [-0.2, 0) is 20.6 Å². The van der Waals surface area contributed by atoms with Crippen molar-refractivity contribution in [3.8, 4) is 0 Å². The second-order valence-corrected chi connectivity index (χ2v) is 10.1. The summed E-state index contributed by atoms with van der Waals surface area (Å²) < 4.78 is 73.2. The van der Waals surface area contributed by atoms with E-state index in [9.17, 15) is 35.9 Å². The Bertz CT molecular complexity index is 867. The van der Waals surface area contributed by atoms with Gasteiger partial charge in [0.25, 0.3) is 15.5 Å². The van der Waals surface area contributed by atoms with E-state index in [0.29, 0.717) is 18.9 Å². The van der Waals surface area contributed by atoms with Gasteiger partial charge in [-0.1, -0.05) is 13.8 Å². The van der Waals surface area contributed by atoms with Crippen molar-refractivity contribution in [2.45, 2.75) is 41.8 Å². The Hall–Kier alpha value is -1.69. The van der Waals surface area contributed by atoms with Crippen LogP contribution in [0.3, 0.4) is 0 Å². The lowest BCUT2D eigenvalue weighted by molar-refractivity contribution is -0.384. The maximum atomic E-state index is 12.7. The van der Waals surface area contributed by atoms with Crippen molar-refractivity contribution < 1.29 is 30.7 Å². The van der Waals surface area contributed by atoms with Gasteiger partial charge < -0.3 is 4.90 Å². The summed E-state index contributed by atoms with van der Waals surface area (Å²) in [6.45, 7) is 4.18. The fourth-order valence-corrected chi connectivity index (χ4v) is 5.67. The second-order valence-electron chi connectivity index (χ2n) is 6.22. The van der Waals surface area contributed by atoms with Crippen molar-refractivity contribution in [1.29, 1.82) is 0 Å². The molecule has 7 nitrogen and oxygen atoms in total. The van der Waals surface area contributed by atoms with Gasteiger partial charge in [0.05, 0.1) is 14.6 Å². The number of rotatable bonds is 5. The van der Waals surface area contributed by atoms with E-state index in [1.807, 2.05) is 13.8 Å². The number of sulfone groups is 1. The van der Waals surface area contributed by atoms with Crippen LogP contribution in [0.25, 0.3) is 0 Å². The van der Waals surface area contributed by atoms with E-state index in [1.54, 1.807) is 4.90 Å². The summed E-state index contributed by atoms with van der Waals surface area (Å²) in [6, 6.07) is 2.17. The molecular weight excluding hydrogens is 409 g/mol. The molecule has 0 aliphatic carbocycles. The average molecular weight is 428 g/mol. The Morgan fingerprint density at radius 1 is 1.30 bits per heavy atom. The number of anilines is 1. The number of hydrogen-bond donors (Lipinski definition) is 0. The molecule has 1 fully saturated rings. The number of hydrogen-bond acceptors (Lipinski definition) is 6. The summed E-state index contributed by atoms with van der Waals surface area (Å²) in [5.41, 5.74) is -6.26. The van der Waals surface area contributed by atoms with Crippen LogP contribution in [-0.4, -0.2) is 46.6 Å². The third kappa shape index (κ3) is 3.82. The normalized spacial score (nSPS) is 20.5. The zero-order valence-electron chi connectivity index (χ0n) is 14.7. The van der Waals surface area contributed by atoms with Gasteiger partial charge in [0.2, 0.25) is 0 Å². The largest absolute Gasteiger partial charge is 0.501 e. The van der Waals surface area contributed by atoms with E-state index < -0.39 is 46.4 Å². The minimum Gasteiger partial charge on any atom is -0.364 e. The highest BCUT2D eigenvalue weighted by atomic mass is 32.2. The van der Waals surface area contributed by atoms with Gasteiger partial charge in [-0.25, -0.2) is 8.42 Å². The van der Waals surface area contributed by atoms with E-state index in [4.69, 9.17) is 0 Å². The molecule has 1 aliphatic rings. The maximum Gasteiger partial charge on any atom is 0.501 e. The monoisotopic (exact) mass is 428 g/mol. The highest BCUT2D eigenvalue weighted by Gasteiger charge is 2.48. The molecule has 1 aromatic rings. The van der Waals surface area contributed by atoms with Gasteiger partial charge in [-0.15, -0.1) is 0 Å². The van der Waals surface area contributed by atoms with Crippen molar-refractivity contribution in [3.63, 3.8) is 0 Å². The molecule has 0 radical (unpaired) electrons. The summed E-state index contributed by atoms with van der Waals surface area (Å²) in [6.07, 6.45) is 1.14. The Morgan fingerprint density at radius 2 is 1.89 bits per heavy atom. The lowest BCUT2D eigenvalue weighted by Gasteiger charge is -2.42. The Morgan fingerprint density at radius 3 is 2.37 bits per heavy atom. The molecule has 152 valence electrons. The summed E-state index contributed by atoms with van der Waals surface area (Å²) in [5.74, 6) is 0.265. The first-order chi connectivity index (χ1) is 12.4. The molecule has 27 heavy (non-hydrogen) atoms. The molecule has 0 spiro atoms. The molecular formula is C15H19F3N2O5S2. The van der Waals surface area contributed by atoms with Crippen LogP contribution in [0.2, 0.25) is 0 Å². The quantitative estimate of drug-likeness (QED) is 0.528. The molecule has 1 aliphatic heterocycles. The van der Waals surface area contributed by atoms with Gasteiger partial charge in [-0.3, -0.25) is 14.3 Å². The molecule has 2 rings (SSSR count). The summed E-state index contributed by atoms with van der Waals surface area (Å²) in [5, 5.41) is 11.4. The van der Waals surface area contributed by atoms with Gasteiger partial charge in [0.1, 0.15) is 5.69 Å². The standard InChI is InChI=1S/C15H19F3N2O5S2/c1-3-14(4-2)10-19(7-8-26(14)23)12-6-5-11(9-13(12)20(21)22)27(24,25)15(16,17)18/h5-6,9H,3-4,7-8,10H2,1-2H3. The van der Waals surface area contributed by atoms with E-state index >= 15 is 0 Å². The smallest absolute Gasteiger partial charge is 0.364 e. The summed E-state index contributed by atoms with van der Waals surface area (Å²) in [4.78, 5) is 10.9. The number of halogens is 3. The fourth-order valence-electron chi connectivity index (χ4n) is 3.13. The first-order valence-electron chi connectivity index (χ1n) is 8.13. The van der Waals surface area contributed by atoms with Crippen LogP contribution in [0, 0.1) is 10.1 Å². The molecule has 1 atom stereocenters. The van der Waals surface area contributed by atoms with Crippen molar-refractivity contribution in [3.05, 3.63) is 28.3 Å². The van der Waals surface area contributed by atoms with Crippen LogP contribution in [0.5, 0.6) is 0 Å². The predicted molar refractivity (Wildman–Crippen MR) is 94.9 cm³/mol. The molecule has 1 saturated heterocycles. The SMILES string of the molecule is CCC1(CC)CN(c2ccc(S(=O)(=O)C(F)(F)F)cc2[N+](=O)[O-])CCS1=O. The Kier molecular flexibility index (Phi) is 5.91. The molecule has 1 unspecified atom stereocenters. The minimum absolute atomic E-state index is 0.0177. The third-order valence-electron chi connectivity index (χ3n) is 4.90. The first kappa shape index (κ1) is 21.6. The van der Waals surface area contributed by atoms with Gasteiger partial charge in [0, 0.05) is 35.7 Å². The number of nitrogens with zero attached hydrogens (tertiary/aromatic N) is 2. The lowest BCUT2D eigenvalue weighted by atomic mass is 10.0. The molecule has 0 N–H and O–H groups in total. The van der Waals surface area contributed by atoms with Crippen molar-refractivity contribution in [1.82, 2.24) is 0 Å². The topological polar surface area (TPSA) is 97.6 Å². The number of nitro groups is 1. The maximum absolute atomic E-state index is 12.7. The van der Waals surface area contributed by atoms with Crippen LogP contribution in [0.15, 0.2) is 23.1 Å². The van der Waals surface area contributed by atoms with Gasteiger partial charge in [-0.2, -0.15) is 13.2 Å². The Labute approximate surface area is 157 Å². The number of benzene rings is 1. The first-order valence-corrected chi connectivity index (χ1v) is 10.9. The minimum atomic E-state index is -5.69. The second kappa shape index (κ2) is 7.38. The highest BCUT2D eigenvalue weighted by molar-refractivity contribution is 7.92. The van der Waals surface area contributed by atoms with Crippen LogP contribution < -0.4 is 4.90 Å². The van der Waals surface area contributed by atoms with Crippen molar-refractivity contribution in [2.75, 3.05) is 23.7 Å². The zero-order valence-corrected chi connectivity index (χ0v) is 16.3. The molecule has 0 amide bonds. The Balaban J connectivity index is 2.53. The molecule has 0 aromatic heterocycles. The van der Waals surface area contributed by atoms with Crippen LogP contribution in [0.4, 0.5) is 24.5 Å². The fraction of sp³-hybridized carbons (Fsp3) is 0.600. The van der Waals surface area contributed by atoms with E-state index in [0.717, 1.165) is 12.1 Å². The van der Waals surface area contributed by atoms with Gasteiger partial charge >= 0.3 is 5.51 Å². The summed E-state index contributed by atoms with van der Waals surface area (Å²) in [7, 11) is -6.83. The third-order valence-corrected chi connectivity index (χ3v) is 8.61. The molecule has 1 aromatic carbocycles. The van der Waals surface area contributed by atoms with Crippen LogP contribution >= 0.6 is 0 Å². The molecule has 12 heteroatoms. The highest BCUT2D eigenvalue weighted by Crippen LogP contribution is 2.38.